The summed E-state index contributed by atoms with van der Waals surface area (Å²) in [6, 6.07) is 12.6. The lowest BCUT2D eigenvalue weighted by Crippen LogP contribution is -2.27. The molecule has 0 atom stereocenters. The van der Waals surface area contributed by atoms with Gasteiger partial charge in [-0.3, -0.25) is 4.31 Å². The third-order valence-corrected chi connectivity index (χ3v) is 5.42. The van der Waals surface area contributed by atoms with Crippen molar-refractivity contribution in [3.63, 3.8) is 0 Å². The van der Waals surface area contributed by atoms with Gasteiger partial charge in [0, 0.05) is 6.54 Å². The van der Waals surface area contributed by atoms with E-state index in [-0.39, 0.29) is 13.2 Å². The zero-order chi connectivity index (χ0) is 18.7. The van der Waals surface area contributed by atoms with Crippen LogP contribution in [0.5, 0.6) is 5.75 Å². The van der Waals surface area contributed by atoms with E-state index in [1.54, 1.807) is 18.2 Å². The smallest absolute Gasteiger partial charge is 0.338 e. The molecule has 0 N–H and O–H groups in total. The summed E-state index contributed by atoms with van der Waals surface area (Å²) >= 11 is 0. The third kappa shape index (κ3) is 3.99. The third-order valence-electron chi connectivity index (χ3n) is 4.24. The minimum atomic E-state index is -3.30. The van der Waals surface area contributed by atoms with E-state index >= 15 is 0 Å². The molecule has 0 aliphatic carbocycles. The van der Waals surface area contributed by atoms with E-state index in [2.05, 4.69) is 0 Å². The summed E-state index contributed by atoms with van der Waals surface area (Å²) in [4.78, 5) is 12.2. The van der Waals surface area contributed by atoms with Crippen LogP contribution in [0, 0.1) is 6.92 Å². The molecule has 7 heteroatoms. The van der Waals surface area contributed by atoms with Crippen molar-refractivity contribution in [1.82, 2.24) is 0 Å². The largest absolute Gasteiger partial charge is 0.490 e. The van der Waals surface area contributed by atoms with Crippen LogP contribution in [0.4, 0.5) is 5.69 Å². The second-order valence-electron chi connectivity index (χ2n) is 6.18. The number of ether oxygens (including phenoxy) is 2. The van der Waals surface area contributed by atoms with Gasteiger partial charge in [-0.2, -0.15) is 0 Å². The second-order valence-corrected chi connectivity index (χ2v) is 8.09. The first-order chi connectivity index (χ1) is 12.4. The monoisotopic (exact) mass is 375 g/mol. The van der Waals surface area contributed by atoms with Gasteiger partial charge in [0.2, 0.25) is 10.0 Å². The first-order valence-corrected chi connectivity index (χ1v) is 10.2. The Kier molecular flexibility index (Phi) is 5.18. The molecule has 26 heavy (non-hydrogen) atoms. The SMILES string of the molecule is Cc1ccccc1OCCOC(=O)c1ccc2c(c1)CCN2S(C)(=O)=O. The highest BCUT2D eigenvalue weighted by molar-refractivity contribution is 7.92. The first-order valence-electron chi connectivity index (χ1n) is 8.32. The average Bonchev–Trinajstić information content (AvgIpc) is 3.03. The van der Waals surface area contributed by atoms with Gasteiger partial charge >= 0.3 is 5.97 Å². The number of rotatable bonds is 6. The van der Waals surface area contributed by atoms with Gasteiger partial charge in [0.05, 0.1) is 17.5 Å². The summed E-state index contributed by atoms with van der Waals surface area (Å²) in [5, 5.41) is 0. The molecule has 2 aromatic carbocycles. The molecule has 2 aromatic rings. The molecular formula is C19H21NO5S. The molecule has 1 aliphatic heterocycles. The van der Waals surface area contributed by atoms with Crippen molar-refractivity contribution in [3.05, 3.63) is 59.2 Å². The molecule has 1 heterocycles. The van der Waals surface area contributed by atoms with Crippen LogP contribution in [0.1, 0.15) is 21.5 Å². The van der Waals surface area contributed by atoms with Gasteiger partial charge in [-0.15, -0.1) is 0 Å². The van der Waals surface area contributed by atoms with Crippen molar-refractivity contribution in [2.75, 3.05) is 30.3 Å². The fourth-order valence-electron chi connectivity index (χ4n) is 2.93. The lowest BCUT2D eigenvalue weighted by atomic mass is 10.1. The molecule has 0 saturated heterocycles. The molecule has 0 spiro atoms. The van der Waals surface area contributed by atoms with Gasteiger partial charge in [-0.1, -0.05) is 18.2 Å². The maximum absolute atomic E-state index is 12.2. The molecule has 0 bridgehead atoms. The molecule has 6 nitrogen and oxygen atoms in total. The minimum absolute atomic E-state index is 0.139. The fraction of sp³-hybridized carbons (Fsp3) is 0.316. The number of para-hydroxylation sites is 1. The number of anilines is 1. The number of hydrogen-bond acceptors (Lipinski definition) is 5. The Bertz CT molecular complexity index is 923. The standard InChI is InChI=1S/C19H21NO5S/c1-14-5-3-4-6-18(14)24-11-12-25-19(21)16-7-8-17-15(13-16)9-10-20(17)26(2,22)23/h3-8,13H,9-12H2,1-2H3. The van der Waals surface area contributed by atoms with Crippen molar-refractivity contribution in [2.45, 2.75) is 13.3 Å². The van der Waals surface area contributed by atoms with Crippen molar-refractivity contribution >= 4 is 21.7 Å². The van der Waals surface area contributed by atoms with Gasteiger partial charge < -0.3 is 9.47 Å². The number of fused-ring (bicyclic) bond motifs is 1. The molecule has 1 aliphatic rings. The van der Waals surface area contributed by atoms with E-state index in [1.165, 1.54) is 10.6 Å². The summed E-state index contributed by atoms with van der Waals surface area (Å²) in [5.41, 5.74) is 2.90. The Labute approximate surface area is 153 Å². The topological polar surface area (TPSA) is 72.9 Å². The number of hydrogen-bond donors (Lipinski definition) is 0. The van der Waals surface area contributed by atoms with Gasteiger partial charge in [-0.05, 0) is 48.7 Å². The van der Waals surface area contributed by atoms with E-state index in [4.69, 9.17) is 9.47 Å². The number of sulfonamides is 1. The predicted molar refractivity (Wildman–Crippen MR) is 99.3 cm³/mol. The van der Waals surface area contributed by atoms with E-state index < -0.39 is 16.0 Å². The molecular weight excluding hydrogens is 354 g/mol. The Morgan fingerprint density at radius 3 is 2.65 bits per heavy atom. The Morgan fingerprint density at radius 2 is 1.92 bits per heavy atom. The predicted octanol–water partition coefficient (Wildman–Crippen LogP) is 2.55. The second kappa shape index (κ2) is 7.37. The summed E-state index contributed by atoms with van der Waals surface area (Å²) in [7, 11) is -3.30. The summed E-state index contributed by atoms with van der Waals surface area (Å²) < 4.78 is 35.7. The highest BCUT2D eigenvalue weighted by atomic mass is 32.2. The highest BCUT2D eigenvalue weighted by Gasteiger charge is 2.26. The van der Waals surface area contributed by atoms with E-state index in [0.29, 0.717) is 24.2 Å². The van der Waals surface area contributed by atoms with E-state index in [1.807, 2.05) is 31.2 Å². The van der Waals surface area contributed by atoms with Crippen LogP contribution in [0.25, 0.3) is 0 Å². The van der Waals surface area contributed by atoms with Gasteiger partial charge in [0.15, 0.2) is 0 Å². The van der Waals surface area contributed by atoms with E-state index in [0.717, 1.165) is 16.9 Å². The van der Waals surface area contributed by atoms with Crippen LogP contribution >= 0.6 is 0 Å². The zero-order valence-corrected chi connectivity index (χ0v) is 15.6. The van der Waals surface area contributed by atoms with Crippen LogP contribution in [-0.4, -0.2) is 40.4 Å². The number of nitrogens with zero attached hydrogens (tertiary/aromatic N) is 1. The number of aryl methyl sites for hydroxylation is 1. The zero-order valence-electron chi connectivity index (χ0n) is 14.8. The van der Waals surface area contributed by atoms with E-state index in [9.17, 15) is 13.2 Å². The Morgan fingerprint density at radius 1 is 1.15 bits per heavy atom. The van der Waals surface area contributed by atoms with Crippen molar-refractivity contribution in [1.29, 1.82) is 0 Å². The van der Waals surface area contributed by atoms with Crippen molar-refractivity contribution in [2.24, 2.45) is 0 Å². The minimum Gasteiger partial charge on any atom is -0.490 e. The molecule has 0 unspecified atom stereocenters. The molecule has 0 fully saturated rings. The van der Waals surface area contributed by atoms with Crippen LogP contribution in [0.3, 0.4) is 0 Å². The van der Waals surface area contributed by atoms with Crippen LogP contribution in [0.2, 0.25) is 0 Å². The molecule has 138 valence electrons. The van der Waals surface area contributed by atoms with Crippen molar-refractivity contribution < 1.29 is 22.7 Å². The Hall–Kier alpha value is -2.54. The lowest BCUT2D eigenvalue weighted by Gasteiger charge is -2.16. The number of carbonyl (C=O) groups is 1. The first kappa shape index (κ1) is 18.3. The maximum Gasteiger partial charge on any atom is 0.338 e. The fourth-order valence-corrected chi connectivity index (χ4v) is 3.89. The number of benzene rings is 2. The molecule has 0 aromatic heterocycles. The van der Waals surface area contributed by atoms with Gasteiger partial charge in [-0.25, -0.2) is 13.2 Å². The summed E-state index contributed by atoms with van der Waals surface area (Å²) in [6.07, 6.45) is 1.76. The van der Waals surface area contributed by atoms with Gasteiger partial charge in [0.1, 0.15) is 19.0 Å². The maximum atomic E-state index is 12.2. The molecule has 0 amide bonds. The average molecular weight is 375 g/mol. The Balaban J connectivity index is 1.57. The van der Waals surface area contributed by atoms with Crippen molar-refractivity contribution in [3.8, 4) is 5.75 Å². The highest BCUT2D eigenvalue weighted by Crippen LogP contribution is 2.30. The molecule has 0 radical (unpaired) electrons. The van der Waals surface area contributed by atoms with Crippen LogP contribution in [0.15, 0.2) is 42.5 Å². The lowest BCUT2D eigenvalue weighted by molar-refractivity contribution is 0.0450. The van der Waals surface area contributed by atoms with Crippen LogP contribution in [-0.2, 0) is 21.2 Å². The number of carbonyl (C=O) groups excluding carboxylic acids is 1. The normalized spacial score (nSPS) is 13.4. The number of esters is 1. The van der Waals surface area contributed by atoms with Gasteiger partial charge in [0.25, 0.3) is 0 Å². The quantitative estimate of drug-likeness (QED) is 0.573. The summed E-state index contributed by atoms with van der Waals surface area (Å²) in [6.45, 7) is 2.76. The summed E-state index contributed by atoms with van der Waals surface area (Å²) in [5.74, 6) is 0.320. The molecule has 3 rings (SSSR count). The molecule has 0 saturated carbocycles. The van der Waals surface area contributed by atoms with Crippen LogP contribution < -0.4 is 9.04 Å².